The Labute approximate surface area is 77.2 Å². The van der Waals surface area contributed by atoms with Crippen LogP contribution in [0.1, 0.15) is 23.1 Å². The molecular weight excluding hydrogens is 166 g/mol. The predicted molar refractivity (Wildman–Crippen MR) is 50.3 cm³/mol. The normalized spacial score (nSPS) is 14.8. The lowest BCUT2D eigenvalue weighted by Crippen LogP contribution is -2.13. The Morgan fingerprint density at radius 2 is 2.31 bits per heavy atom. The highest BCUT2D eigenvalue weighted by atomic mass is 16.1. The molecule has 1 aliphatic rings. The molecule has 0 saturated carbocycles. The van der Waals surface area contributed by atoms with Gasteiger partial charge >= 0.3 is 0 Å². The molecule has 0 atom stereocenters. The molecule has 70 valence electrons. The van der Waals surface area contributed by atoms with Crippen LogP contribution >= 0.6 is 0 Å². The summed E-state index contributed by atoms with van der Waals surface area (Å²) in [6, 6.07) is 0. The second kappa shape index (κ2) is 2.87. The van der Waals surface area contributed by atoms with E-state index in [9.17, 15) is 4.79 Å². The van der Waals surface area contributed by atoms with E-state index in [-0.39, 0.29) is 0 Å². The van der Waals surface area contributed by atoms with E-state index in [4.69, 9.17) is 0 Å². The highest BCUT2D eigenvalue weighted by molar-refractivity contribution is 5.76. The maximum Gasteiger partial charge on any atom is 0.206 e. The number of nitrogens with zero attached hydrogens (tertiary/aromatic N) is 3. The highest BCUT2D eigenvalue weighted by Gasteiger charge is 2.22. The van der Waals surface area contributed by atoms with Gasteiger partial charge in [0.15, 0.2) is 6.29 Å². The number of carbonyl (C=O) groups is 1. The third-order valence-electron chi connectivity index (χ3n) is 2.51. The van der Waals surface area contributed by atoms with E-state index in [2.05, 4.69) is 9.88 Å². The maximum atomic E-state index is 10.8. The smallest absolute Gasteiger partial charge is 0.206 e. The fraction of sp³-hybridized carbons (Fsp3) is 0.556. The minimum Gasteiger partial charge on any atom is -0.344 e. The van der Waals surface area contributed by atoms with Crippen molar-refractivity contribution in [1.29, 1.82) is 0 Å². The van der Waals surface area contributed by atoms with Gasteiger partial charge < -0.3 is 9.47 Å². The molecule has 13 heavy (non-hydrogen) atoms. The molecule has 1 aromatic rings. The Kier molecular flexibility index (Phi) is 1.83. The van der Waals surface area contributed by atoms with Gasteiger partial charge in [-0.15, -0.1) is 0 Å². The summed E-state index contributed by atoms with van der Waals surface area (Å²) in [5.41, 5.74) is 1.67. The average Bonchev–Trinajstić information content (AvgIpc) is 2.65. The van der Waals surface area contributed by atoms with E-state index in [0.29, 0.717) is 0 Å². The minimum atomic E-state index is 0.752. The van der Waals surface area contributed by atoms with Gasteiger partial charge in [-0.05, 0) is 6.42 Å². The van der Waals surface area contributed by atoms with Crippen molar-refractivity contribution in [3.8, 4) is 0 Å². The van der Waals surface area contributed by atoms with Gasteiger partial charge in [0, 0.05) is 20.1 Å². The fourth-order valence-corrected chi connectivity index (χ4v) is 1.76. The Hall–Kier alpha value is -1.32. The Morgan fingerprint density at radius 1 is 1.54 bits per heavy atom. The summed E-state index contributed by atoms with van der Waals surface area (Å²) in [6.45, 7) is 3.85. The van der Waals surface area contributed by atoms with E-state index in [1.165, 1.54) is 0 Å². The van der Waals surface area contributed by atoms with Gasteiger partial charge in [-0.2, -0.15) is 0 Å². The lowest BCUT2D eigenvalue weighted by atomic mass is 10.3. The van der Waals surface area contributed by atoms with Crippen LogP contribution in [0.2, 0.25) is 0 Å². The zero-order valence-electron chi connectivity index (χ0n) is 7.95. The van der Waals surface area contributed by atoms with Crippen LogP contribution in [0.25, 0.3) is 0 Å². The lowest BCUT2D eigenvalue weighted by Gasteiger charge is -2.05. The number of imidazole rings is 1. The van der Waals surface area contributed by atoms with E-state index < -0.39 is 0 Å². The Balaban J connectivity index is 2.54. The largest absolute Gasteiger partial charge is 0.344 e. The second-order valence-corrected chi connectivity index (χ2v) is 3.29. The van der Waals surface area contributed by atoms with Gasteiger partial charge in [-0.1, -0.05) is 6.92 Å². The topological polar surface area (TPSA) is 38.1 Å². The van der Waals surface area contributed by atoms with Crippen molar-refractivity contribution < 1.29 is 4.79 Å². The number of aromatic nitrogens is 2. The number of rotatable bonds is 2. The van der Waals surface area contributed by atoms with E-state index in [1.807, 2.05) is 18.5 Å². The number of anilines is 1. The number of likely N-dealkylation sites (N-methyl/N-ethyl adjacent to an activating group) is 1. The summed E-state index contributed by atoms with van der Waals surface area (Å²) < 4.78 is 1.99. The summed E-state index contributed by atoms with van der Waals surface area (Å²) in [5.74, 6) is 0.930. The standard InChI is InChI=1S/C9H13N3O/c1-3-7-8(6-13)12-5-4-11(2)9(12)10-7/h6H,3-5H2,1-2H3. The van der Waals surface area contributed by atoms with Crippen molar-refractivity contribution >= 4 is 12.2 Å². The molecule has 0 bridgehead atoms. The van der Waals surface area contributed by atoms with Gasteiger partial charge in [0.05, 0.1) is 5.69 Å². The zero-order valence-corrected chi connectivity index (χ0v) is 7.95. The molecular formula is C9H13N3O. The van der Waals surface area contributed by atoms with Crippen LogP contribution in [0, 0.1) is 0 Å². The molecule has 0 N–H and O–H groups in total. The predicted octanol–water partition coefficient (Wildman–Crippen LogP) is 0.708. The molecule has 0 fully saturated rings. The van der Waals surface area contributed by atoms with Crippen molar-refractivity contribution in [2.75, 3.05) is 18.5 Å². The molecule has 2 heterocycles. The van der Waals surface area contributed by atoms with Crippen molar-refractivity contribution in [3.63, 3.8) is 0 Å². The molecule has 0 saturated heterocycles. The first kappa shape index (κ1) is 8.29. The van der Waals surface area contributed by atoms with E-state index >= 15 is 0 Å². The first-order chi connectivity index (χ1) is 6.27. The van der Waals surface area contributed by atoms with Gasteiger partial charge in [0.1, 0.15) is 5.69 Å². The van der Waals surface area contributed by atoms with E-state index in [1.54, 1.807) is 0 Å². The molecule has 0 radical (unpaired) electrons. The molecule has 2 rings (SSSR count). The minimum absolute atomic E-state index is 0.752. The van der Waals surface area contributed by atoms with Crippen molar-refractivity contribution in [2.24, 2.45) is 0 Å². The summed E-state index contributed by atoms with van der Waals surface area (Å²) in [5, 5.41) is 0. The average molecular weight is 179 g/mol. The number of hydrogen-bond donors (Lipinski definition) is 0. The number of carbonyl (C=O) groups excluding carboxylic acids is 1. The first-order valence-corrected chi connectivity index (χ1v) is 4.53. The summed E-state index contributed by atoms with van der Waals surface area (Å²) in [6.07, 6.45) is 1.73. The quantitative estimate of drug-likeness (QED) is 0.627. The Morgan fingerprint density at radius 3 is 2.92 bits per heavy atom. The highest BCUT2D eigenvalue weighted by Crippen LogP contribution is 2.22. The molecule has 0 amide bonds. The van der Waals surface area contributed by atoms with Gasteiger partial charge in [0.2, 0.25) is 5.95 Å². The lowest BCUT2D eigenvalue weighted by molar-refractivity contribution is 0.111. The van der Waals surface area contributed by atoms with Crippen LogP contribution in [0.4, 0.5) is 5.95 Å². The first-order valence-electron chi connectivity index (χ1n) is 4.53. The second-order valence-electron chi connectivity index (χ2n) is 3.29. The van der Waals surface area contributed by atoms with E-state index in [0.717, 1.165) is 43.1 Å². The number of aryl methyl sites for hydroxylation is 1. The maximum absolute atomic E-state index is 10.8. The van der Waals surface area contributed by atoms with Crippen molar-refractivity contribution in [2.45, 2.75) is 19.9 Å². The fourth-order valence-electron chi connectivity index (χ4n) is 1.76. The molecule has 4 nitrogen and oxygen atoms in total. The molecule has 1 aliphatic heterocycles. The van der Waals surface area contributed by atoms with Crippen LogP contribution in [-0.4, -0.2) is 29.4 Å². The van der Waals surface area contributed by atoms with Crippen LogP contribution in [0.15, 0.2) is 0 Å². The SMILES string of the molecule is CCc1nc2n(c1C=O)CCN2C. The third-order valence-corrected chi connectivity index (χ3v) is 2.51. The molecule has 1 aromatic heterocycles. The summed E-state index contributed by atoms with van der Waals surface area (Å²) in [4.78, 5) is 17.3. The van der Waals surface area contributed by atoms with Gasteiger partial charge in [-0.25, -0.2) is 4.98 Å². The van der Waals surface area contributed by atoms with Crippen molar-refractivity contribution in [1.82, 2.24) is 9.55 Å². The van der Waals surface area contributed by atoms with Gasteiger partial charge in [-0.3, -0.25) is 4.79 Å². The monoisotopic (exact) mass is 179 g/mol. The summed E-state index contributed by atoms with van der Waals surface area (Å²) >= 11 is 0. The number of aldehydes is 1. The molecule has 0 aromatic carbocycles. The zero-order chi connectivity index (χ0) is 9.42. The van der Waals surface area contributed by atoms with Crippen LogP contribution in [0.5, 0.6) is 0 Å². The summed E-state index contributed by atoms with van der Waals surface area (Å²) in [7, 11) is 2.00. The molecule has 0 spiro atoms. The van der Waals surface area contributed by atoms with Gasteiger partial charge in [0.25, 0.3) is 0 Å². The number of hydrogen-bond acceptors (Lipinski definition) is 3. The van der Waals surface area contributed by atoms with Crippen LogP contribution < -0.4 is 4.90 Å². The van der Waals surface area contributed by atoms with Crippen molar-refractivity contribution in [3.05, 3.63) is 11.4 Å². The molecule has 4 heteroatoms. The van der Waals surface area contributed by atoms with Crippen LogP contribution in [-0.2, 0) is 13.0 Å². The molecule has 0 aliphatic carbocycles. The Bertz CT molecular complexity index is 343. The van der Waals surface area contributed by atoms with Crippen LogP contribution in [0.3, 0.4) is 0 Å². The third kappa shape index (κ3) is 1.05. The number of fused-ring (bicyclic) bond motifs is 1. The molecule has 0 unspecified atom stereocenters.